The average Bonchev–Trinajstić information content (AvgIpc) is 2.61. The molecule has 0 atom stereocenters. The highest BCUT2D eigenvalue weighted by Crippen LogP contribution is 2.31. The predicted molar refractivity (Wildman–Crippen MR) is 103 cm³/mol. The Balaban J connectivity index is 1.94. The van der Waals surface area contributed by atoms with Crippen LogP contribution in [0.5, 0.6) is 5.75 Å². The molecule has 0 spiro atoms. The molecule has 0 saturated carbocycles. The lowest BCUT2D eigenvalue weighted by Crippen LogP contribution is -2.13. The lowest BCUT2D eigenvalue weighted by atomic mass is 10.3. The standard InChI is InChI=1S/C19H19ClN4O/c1-13-21-18(23-16-11-14(20)9-10-17(16)25-3)12-19(22-13)24(2)15-7-5-4-6-8-15/h4-12H,1-3H3,(H,21,22,23). The van der Waals surface area contributed by atoms with Gasteiger partial charge in [0.05, 0.1) is 12.8 Å². The molecule has 0 unspecified atom stereocenters. The molecular formula is C19H19ClN4O. The van der Waals surface area contributed by atoms with E-state index in [4.69, 9.17) is 16.3 Å². The van der Waals surface area contributed by atoms with Crippen molar-refractivity contribution in [3.63, 3.8) is 0 Å². The molecule has 1 heterocycles. The number of nitrogens with one attached hydrogen (secondary N) is 1. The summed E-state index contributed by atoms with van der Waals surface area (Å²) < 4.78 is 5.37. The van der Waals surface area contributed by atoms with Gasteiger partial charge >= 0.3 is 0 Å². The molecule has 3 aromatic rings. The molecule has 0 saturated heterocycles. The van der Waals surface area contributed by atoms with Crippen LogP contribution in [0.3, 0.4) is 0 Å². The average molecular weight is 355 g/mol. The normalized spacial score (nSPS) is 10.4. The topological polar surface area (TPSA) is 50.3 Å². The quantitative estimate of drug-likeness (QED) is 0.701. The molecule has 0 aliphatic carbocycles. The molecular weight excluding hydrogens is 336 g/mol. The zero-order chi connectivity index (χ0) is 17.8. The number of aryl methyl sites for hydroxylation is 1. The van der Waals surface area contributed by atoms with Crippen LogP contribution in [0, 0.1) is 6.92 Å². The van der Waals surface area contributed by atoms with E-state index in [1.54, 1.807) is 19.2 Å². The Morgan fingerprint density at radius 1 is 1.04 bits per heavy atom. The predicted octanol–water partition coefficient (Wildman–Crippen LogP) is 4.96. The minimum Gasteiger partial charge on any atom is -0.495 e. The molecule has 0 radical (unpaired) electrons. The Bertz CT molecular complexity index is 871. The molecule has 0 aliphatic heterocycles. The lowest BCUT2D eigenvalue weighted by molar-refractivity contribution is 0.417. The highest BCUT2D eigenvalue weighted by atomic mass is 35.5. The molecule has 25 heavy (non-hydrogen) atoms. The minimum absolute atomic E-state index is 0.621. The third-order valence-corrected chi connectivity index (χ3v) is 3.97. The third kappa shape index (κ3) is 4.00. The van der Waals surface area contributed by atoms with Gasteiger partial charge in [0.1, 0.15) is 23.2 Å². The summed E-state index contributed by atoms with van der Waals surface area (Å²) in [6.45, 7) is 1.86. The van der Waals surface area contributed by atoms with Gasteiger partial charge in [-0.15, -0.1) is 0 Å². The van der Waals surface area contributed by atoms with E-state index < -0.39 is 0 Å². The number of anilines is 4. The van der Waals surface area contributed by atoms with Gasteiger partial charge in [-0.1, -0.05) is 29.8 Å². The van der Waals surface area contributed by atoms with Crippen molar-refractivity contribution in [1.82, 2.24) is 9.97 Å². The molecule has 0 bridgehead atoms. The van der Waals surface area contributed by atoms with Crippen molar-refractivity contribution >= 4 is 34.6 Å². The second kappa shape index (κ2) is 7.40. The first-order valence-electron chi connectivity index (χ1n) is 7.82. The van der Waals surface area contributed by atoms with E-state index in [0.717, 1.165) is 17.2 Å². The molecule has 0 aliphatic rings. The van der Waals surface area contributed by atoms with Crippen molar-refractivity contribution in [2.24, 2.45) is 0 Å². The van der Waals surface area contributed by atoms with E-state index in [1.165, 1.54) is 0 Å². The summed E-state index contributed by atoms with van der Waals surface area (Å²) in [4.78, 5) is 11.0. The van der Waals surface area contributed by atoms with E-state index in [1.807, 2.05) is 61.3 Å². The molecule has 1 aromatic heterocycles. The first kappa shape index (κ1) is 17.0. The van der Waals surface area contributed by atoms with E-state index in [0.29, 0.717) is 22.4 Å². The van der Waals surface area contributed by atoms with E-state index >= 15 is 0 Å². The molecule has 2 aromatic carbocycles. The van der Waals surface area contributed by atoms with Gasteiger partial charge in [-0.25, -0.2) is 9.97 Å². The number of para-hydroxylation sites is 1. The Morgan fingerprint density at radius 2 is 1.80 bits per heavy atom. The van der Waals surface area contributed by atoms with Gasteiger partial charge in [0.15, 0.2) is 0 Å². The van der Waals surface area contributed by atoms with Crippen molar-refractivity contribution in [1.29, 1.82) is 0 Å². The summed E-state index contributed by atoms with van der Waals surface area (Å²) in [6, 6.07) is 17.3. The molecule has 0 amide bonds. The zero-order valence-electron chi connectivity index (χ0n) is 14.3. The molecule has 6 heteroatoms. The number of benzene rings is 2. The maximum Gasteiger partial charge on any atom is 0.142 e. The van der Waals surface area contributed by atoms with E-state index in [-0.39, 0.29) is 0 Å². The van der Waals surface area contributed by atoms with Gasteiger partial charge in [-0.05, 0) is 37.3 Å². The van der Waals surface area contributed by atoms with Crippen molar-refractivity contribution in [3.05, 3.63) is 65.4 Å². The van der Waals surface area contributed by atoms with Crippen LogP contribution >= 0.6 is 11.6 Å². The minimum atomic E-state index is 0.621. The van der Waals surface area contributed by atoms with Crippen LogP contribution in [0.4, 0.5) is 23.0 Å². The second-order valence-corrected chi connectivity index (χ2v) is 5.96. The Hall–Kier alpha value is -2.79. The summed E-state index contributed by atoms with van der Waals surface area (Å²) >= 11 is 6.10. The summed E-state index contributed by atoms with van der Waals surface area (Å²) in [5.74, 6) is 2.83. The number of aromatic nitrogens is 2. The van der Waals surface area contributed by atoms with Crippen molar-refractivity contribution < 1.29 is 4.74 Å². The summed E-state index contributed by atoms with van der Waals surface area (Å²) in [6.07, 6.45) is 0. The highest BCUT2D eigenvalue weighted by Gasteiger charge is 2.10. The van der Waals surface area contributed by atoms with E-state index in [9.17, 15) is 0 Å². The van der Waals surface area contributed by atoms with Gasteiger partial charge in [-0.3, -0.25) is 0 Å². The maximum atomic E-state index is 6.10. The van der Waals surface area contributed by atoms with Gasteiger partial charge in [0, 0.05) is 23.8 Å². The van der Waals surface area contributed by atoms with Gasteiger partial charge in [0.25, 0.3) is 0 Å². The number of hydrogen-bond donors (Lipinski definition) is 1. The summed E-state index contributed by atoms with van der Waals surface area (Å²) in [5, 5.41) is 3.89. The van der Waals surface area contributed by atoms with E-state index in [2.05, 4.69) is 15.3 Å². The zero-order valence-corrected chi connectivity index (χ0v) is 15.1. The van der Waals surface area contributed by atoms with Gasteiger partial charge in [-0.2, -0.15) is 0 Å². The number of rotatable bonds is 5. The Labute approximate surface area is 152 Å². The van der Waals surface area contributed by atoms with Gasteiger partial charge < -0.3 is 15.0 Å². The van der Waals surface area contributed by atoms with Crippen molar-refractivity contribution in [2.75, 3.05) is 24.4 Å². The van der Waals surface area contributed by atoms with Crippen LogP contribution in [0.25, 0.3) is 0 Å². The molecule has 3 rings (SSSR count). The van der Waals surface area contributed by atoms with Crippen LogP contribution in [0.2, 0.25) is 5.02 Å². The monoisotopic (exact) mass is 354 g/mol. The van der Waals surface area contributed by atoms with Crippen LogP contribution in [-0.4, -0.2) is 24.1 Å². The smallest absolute Gasteiger partial charge is 0.142 e. The molecule has 128 valence electrons. The number of halogens is 1. The first-order valence-corrected chi connectivity index (χ1v) is 8.19. The van der Waals surface area contributed by atoms with Gasteiger partial charge in [0.2, 0.25) is 0 Å². The second-order valence-electron chi connectivity index (χ2n) is 5.52. The lowest BCUT2D eigenvalue weighted by Gasteiger charge is -2.20. The molecule has 0 fully saturated rings. The number of methoxy groups -OCH3 is 1. The highest BCUT2D eigenvalue weighted by molar-refractivity contribution is 6.31. The van der Waals surface area contributed by atoms with Crippen LogP contribution in [-0.2, 0) is 0 Å². The van der Waals surface area contributed by atoms with Crippen LogP contribution in [0.15, 0.2) is 54.6 Å². The maximum absolute atomic E-state index is 6.10. The summed E-state index contributed by atoms with van der Waals surface area (Å²) in [5.41, 5.74) is 1.80. The van der Waals surface area contributed by atoms with Crippen LogP contribution < -0.4 is 15.0 Å². The number of hydrogen-bond acceptors (Lipinski definition) is 5. The fourth-order valence-electron chi connectivity index (χ4n) is 2.49. The SMILES string of the molecule is COc1ccc(Cl)cc1Nc1cc(N(C)c2ccccc2)nc(C)n1. The first-order chi connectivity index (χ1) is 12.1. The number of nitrogens with zero attached hydrogens (tertiary/aromatic N) is 3. The molecule has 1 N–H and O–H groups in total. The van der Waals surface area contributed by atoms with Crippen molar-refractivity contribution in [3.8, 4) is 5.75 Å². The number of ether oxygens (including phenoxy) is 1. The van der Waals surface area contributed by atoms with Crippen molar-refractivity contribution in [2.45, 2.75) is 6.92 Å². The molecule has 5 nitrogen and oxygen atoms in total. The summed E-state index contributed by atoms with van der Waals surface area (Å²) in [7, 11) is 3.59. The largest absolute Gasteiger partial charge is 0.495 e. The fourth-order valence-corrected chi connectivity index (χ4v) is 2.66. The third-order valence-electron chi connectivity index (χ3n) is 3.74. The van der Waals surface area contributed by atoms with Crippen LogP contribution in [0.1, 0.15) is 5.82 Å². The fraction of sp³-hybridized carbons (Fsp3) is 0.158. The Kier molecular flexibility index (Phi) is 5.05. The Morgan fingerprint density at radius 3 is 2.52 bits per heavy atom.